The largest absolute Gasteiger partial charge is 0.388 e. The summed E-state index contributed by atoms with van der Waals surface area (Å²) < 4.78 is 0. The molecule has 0 amide bonds. The van der Waals surface area contributed by atoms with Crippen molar-refractivity contribution in [2.24, 2.45) is 0 Å². The van der Waals surface area contributed by atoms with Gasteiger partial charge in [-0.15, -0.1) is 0 Å². The van der Waals surface area contributed by atoms with E-state index in [2.05, 4.69) is 0 Å². The van der Waals surface area contributed by atoms with Crippen LogP contribution in [0.5, 0.6) is 0 Å². The molecule has 0 aliphatic rings. The molecule has 0 spiro atoms. The topological polar surface area (TPSA) is 60.7 Å². The van der Waals surface area contributed by atoms with Gasteiger partial charge in [0.2, 0.25) is 0 Å². The summed E-state index contributed by atoms with van der Waals surface area (Å²) in [5, 5.41) is 33.0. The molecule has 3 heteroatoms. The zero-order valence-electron chi connectivity index (χ0n) is 18.6. The van der Waals surface area contributed by atoms with Gasteiger partial charge in [-0.3, -0.25) is 0 Å². The van der Waals surface area contributed by atoms with Gasteiger partial charge >= 0.3 is 0 Å². The maximum atomic E-state index is 11.0. The first-order valence-electron chi connectivity index (χ1n) is 11.4. The SMILES string of the molecule is O[C@H](Cc1ccccc1)c1cc([C@H](O)Cc2ccccc2)cc([C@H](O)Cc2ccccc2)c1. The molecule has 0 fully saturated rings. The molecule has 3 atom stereocenters. The minimum absolute atomic E-state index is 0.466. The van der Waals surface area contributed by atoms with Crippen molar-refractivity contribution in [3.05, 3.63) is 143 Å². The zero-order chi connectivity index (χ0) is 23.0. The highest BCUT2D eigenvalue weighted by Gasteiger charge is 2.18. The Bertz CT molecular complexity index is 968. The molecule has 3 N–H and O–H groups in total. The third-order valence-corrected chi connectivity index (χ3v) is 5.97. The van der Waals surface area contributed by atoms with E-state index in [0.717, 1.165) is 16.7 Å². The number of benzene rings is 4. The van der Waals surface area contributed by atoms with Gasteiger partial charge in [0.15, 0.2) is 0 Å². The van der Waals surface area contributed by atoms with Gasteiger partial charge in [-0.2, -0.15) is 0 Å². The number of rotatable bonds is 9. The Morgan fingerprint density at radius 2 is 0.636 bits per heavy atom. The lowest BCUT2D eigenvalue weighted by molar-refractivity contribution is 0.165. The molecular weight excluding hydrogens is 408 g/mol. The lowest BCUT2D eigenvalue weighted by Gasteiger charge is -2.20. The highest BCUT2D eigenvalue weighted by molar-refractivity contribution is 5.36. The molecule has 33 heavy (non-hydrogen) atoms. The molecule has 4 aromatic carbocycles. The molecule has 4 aromatic rings. The van der Waals surface area contributed by atoms with Gasteiger partial charge in [0, 0.05) is 19.3 Å². The Kier molecular flexibility index (Phi) is 7.69. The van der Waals surface area contributed by atoms with E-state index in [1.807, 2.05) is 109 Å². The first-order valence-corrected chi connectivity index (χ1v) is 11.4. The standard InChI is InChI=1S/C30H30O3/c31-28(16-22-10-4-1-5-11-22)25-19-26(29(32)17-23-12-6-2-7-13-23)21-27(20-25)30(33)18-24-14-8-3-9-15-24/h1-15,19-21,28-33H,16-18H2/t28-,29-,30-/m1/s1. The molecule has 0 saturated heterocycles. The van der Waals surface area contributed by atoms with Crippen LogP contribution in [0.25, 0.3) is 0 Å². The maximum Gasteiger partial charge on any atom is 0.0830 e. The lowest BCUT2D eigenvalue weighted by Crippen LogP contribution is -2.10. The first-order chi connectivity index (χ1) is 16.1. The van der Waals surface area contributed by atoms with Crippen LogP contribution in [-0.4, -0.2) is 15.3 Å². The van der Waals surface area contributed by atoms with Crippen LogP contribution < -0.4 is 0 Å². The Morgan fingerprint density at radius 3 is 0.879 bits per heavy atom. The van der Waals surface area contributed by atoms with Crippen LogP contribution in [0.1, 0.15) is 51.7 Å². The molecular formula is C30H30O3. The van der Waals surface area contributed by atoms with Gasteiger partial charge in [0.05, 0.1) is 18.3 Å². The molecule has 0 unspecified atom stereocenters. The second kappa shape index (κ2) is 11.1. The van der Waals surface area contributed by atoms with E-state index in [0.29, 0.717) is 36.0 Å². The van der Waals surface area contributed by atoms with Crippen molar-refractivity contribution >= 4 is 0 Å². The maximum absolute atomic E-state index is 11.0. The second-order valence-corrected chi connectivity index (χ2v) is 8.55. The highest BCUT2D eigenvalue weighted by Crippen LogP contribution is 2.29. The summed E-state index contributed by atoms with van der Waals surface area (Å²) >= 11 is 0. The van der Waals surface area contributed by atoms with E-state index < -0.39 is 18.3 Å². The molecule has 0 heterocycles. The lowest BCUT2D eigenvalue weighted by atomic mass is 9.91. The number of hydrogen-bond acceptors (Lipinski definition) is 3. The Morgan fingerprint density at radius 1 is 0.394 bits per heavy atom. The van der Waals surface area contributed by atoms with Crippen LogP contribution >= 0.6 is 0 Å². The minimum Gasteiger partial charge on any atom is -0.388 e. The fourth-order valence-electron chi connectivity index (χ4n) is 4.15. The first kappa shape index (κ1) is 22.9. The summed E-state index contributed by atoms with van der Waals surface area (Å²) in [7, 11) is 0. The van der Waals surface area contributed by atoms with E-state index in [1.165, 1.54) is 0 Å². The summed E-state index contributed by atoms with van der Waals surface area (Å²) in [6.45, 7) is 0. The summed E-state index contributed by atoms with van der Waals surface area (Å²) in [5.41, 5.74) is 5.20. The van der Waals surface area contributed by atoms with Gasteiger partial charge < -0.3 is 15.3 Å². The van der Waals surface area contributed by atoms with Crippen molar-refractivity contribution in [1.29, 1.82) is 0 Å². The van der Waals surface area contributed by atoms with Crippen molar-refractivity contribution in [2.45, 2.75) is 37.6 Å². The Hall–Kier alpha value is -3.24. The highest BCUT2D eigenvalue weighted by atomic mass is 16.3. The van der Waals surface area contributed by atoms with E-state index in [9.17, 15) is 15.3 Å². The van der Waals surface area contributed by atoms with Gasteiger partial charge in [-0.05, 0) is 33.4 Å². The fourth-order valence-corrected chi connectivity index (χ4v) is 4.15. The summed E-state index contributed by atoms with van der Waals surface area (Å²) in [4.78, 5) is 0. The summed E-state index contributed by atoms with van der Waals surface area (Å²) in [6.07, 6.45) is -0.815. The Balaban J connectivity index is 1.62. The molecule has 0 saturated carbocycles. The fraction of sp³-hybridized carbons (Fsp3) is 0.200. The van der Waals surface area contributed by atoms with Crippen LogP contribution in [-0.2, 0) is 19.3 Å². The van der Waals surface area contributed by atoms with Crippen LogP contribution in [0.2, 0.25) is 0 Å². The van der Waals surface area contributed by atoms with Crippen molar-refractivity contribution in [3.63, 3.8) is 0 Å². The van der Waals surface area contributed by atoms with Crippen LogP contribution in [0.3, 0.4) is 0 Å². The number of aliphatic hydroxyl groups is 3. The van der Waals surface area contributed by atoms with Crippen molar-refractivity contribution in [1.82, 2.24) is 0 Å². The van der Waals surface area contributed by atoms with Gasteiger partial charge in [0.25, 0.3) is 0 Å². The van der Waals surface area contributed by atoms with E-state index in [-0.39, 0.29) is 0 Å². The predicted octanol–water partition coefficient (Wildman–Crippen LogP) is 5.51. The average Bonchev–Trinajstić information content (AvgIpc) is 2.85. The van der Waals surface area contributed by atoms with Gasteiger partial charge in [-0.1, -0.05) is 109 Å². The van der Waals surface area contributed by atoms with Crippen LogP contribution in [0, 0.1) is 0 Å². The van der Waals surface area contributed by atoms with Crippen molar-refractivity contribution in [2.75, 3.05) is 0 Å². The van der Waals surface area contributed by atoms with Crippen LogP contribution in [0.15, 0.2) is 109 Å². The third-order valence-electron chi connectivity index (χ3n) is 5.97. The molecule has 0 bridgehead atoms. The summed E-state index contributed by atoms with van der Waals surface area (Å²) in [5.74, 6) is 0. The van der Waals surface area contributed by atoms with Gasteiger partial charge in [-0.25, -0.2) is 0 Å². The Labute approximate surface area is 195 Å². The normalized spacial score (nSPS) is 13.9. The minimum atomic E-state index is -0.737. The summed E-state index contributed by atoms with van der Waals surface area (Å²) in [6, 6.07) is 35.1. The molecule has 0 radical (unpaired) electrons. The predicted molar refractivity (Wildman–Crippen MR) is 132 cm³/mol. The van der Waals surface area contributed by atoms with E-state index in [1.54, 1.807) is 0 Å². The number of hydrogen-bond donors (Lipinski definition) is 3. The number of aliphatic hydroxyl groups excluding tert-OH is 3. The molecule has 0 aromatic heterocycles. The third kappa shape index (κ3) is 6.39. The van der Waals surface area contributed by atoms with Crippen molar-refractivity contribution in [3.8, 4) is 0 Å². The van der Waals surface area contributed by atoms with E-state index >= 15 is 0 Å². The monoisotopic (exact) mass is 438 g/mol. The average molecular weight is 439 g/mol. The van der Waals surface area contributed by atoms with E-state index in [4.69, 9.17) is 0 Å². The van der Waals surface area contributed by atoms with Crippen molar-refractivity contribution < 1.29 is 15.3 Å². The second-order valence-electron chi connectivity index (χ2n) is 8.55. The van der Waals surface area contributed by atoms with Gasteiger partial charge in [0.1, 0.15) is 0 Å². The molecule has 168 valence electrons. The molecule has 3 nitrogen and oxygen atoms in total. The molecule has 4 rings (SSSR count). The zero-order valence-corrected chi connectivity index (χ0v) is 18.6. The quantitative estimate of drug-likeness (QED) is 0.323. The van der Waals surface area contributed by atoms with Crippen LogP contribution in [0.4, 0.5) is 0 Å². The smallest absolute Gasteiger partial charge is 0.0830 e. The molecule has 0 aliphatic carbocycles. The molecule has 0 aliphatic heterocycles.